The number of likely N-dealkylation sites (N-methyl/N-ethyl adjacent to an activating group) is 1. The molecule has 0 bridgehead atoms. The Hall–Kier alpha value is -1.10. The molecule has 2 fully saturated rings. The van der Waals surface area contributed by atoms with Gasteiger partial charge >= 0.3 is 6.03 Å². The number of rotatable bonds is 2. The Balaban J connectivity index is 2.10. The van der Waals surface area contributed by atoms with Crippen LogP contribution in [0.1, 0.15) is 13.3 Å². The minimum atomic E-state index is -0.159. The third-order valence-corrected chi connectivity index (χ3v) is 2.72. The number of urea groups is 1. The zero-order chi connectivity index (χ0) is 10.1. The van der Waals surface area contributed by atoms with Crippen molar-refractivity contribution in [3.05, 3.63) is 0 Å². The maximum Gasteiger partial charge on any atom is 0.327 e. The Morgan fingerprint density at radius 2 is 2.29 bits per heavy atom. The SMILES string of the molecule is CCN1CC(=O)N(C2CCOC2)C1=O. The summed E-state index contributed by atoms with van der Waals surface area (Å²) in [6.07, 6.45) is 0.773. The molecule has 1 unspecified atom stereocenters. The second-order valence-electron chi connectivity index (χ2n) is 3.58. The molecule has 0 saturated carbocycles. The summed E-state index contributed by atoms with van der Waals surface area (Å²) in [6.45, 7) is 3.84. The van der Waals surface area contributed by atoms with Crippen LogP contribution in [0.15, 0.2) is 0 Å². The van der Waals surface area contributed by atoms with Gasteiger partial charge in [-0.2, -0.15) is 0 Å². The maximum atomic E-state index is 11.7. The van der Waals surface area contributed by atoms with Gasteiger partial charge in [0.2, 0.25) is 0 Å². The molecule has 2 heterocycles. The van der Waals surface area contributed by atoms with Gasteiger partial charge in [0, 0.05) is 13.2 Å². The van der Waals surface area contributed by atoms with Crippen molar-refractivity contribution in [2.45, 2.75) is 19.4 Å². The van der Waals surface area contributed by atoms with Crippen LogP contribution in [-0.2, 0) is 9.53 Å². The van der Waals surface area contributed by atoms with Gasteiger partial charge in [-0.15, -0.1) is 0 Å². The zero-order valence-corrected chi connectivity index (χ0v) is 8.23. The molecular formula is C9H14N2O3. The van der Waals surface area contributed by atoms with Crippen molar-refractivity contribution < 1.29 is 14.3 Å². The van der Waals surface area contributed by atoms with E-state index in [4.69, 9.17) is 4.74 Å². The molecule has 2 aliphatic heterocycles. The number of ether oxygens (including phenoxy) is 1. The quantitative estimate of drug-likeness (QED) is 0.589. The molecule has 14 heavy (non-hydrogen) atoms. The van der Waals surface area contributed by atoms with Crippen LogP contribution in [0.25, 0.3) is 0 Å². The number of nitrogens with zero attached hydrogens (tertiary/aromatic N) is 2. The first-order valence-electron chi connectivity index (χ1n) is 4.92. The van der Waals surface area contributed by atoms with E-state index in [1.54, 1.807) is 4.90 Å². The van der Waals surface area contributed by atoms with Crippen LogP contribution in [0.2, 0.25) is 0 Å². The summed E-state index contributed by atoms with van der Waals surface area (Å²) in [5.74, 6) is -0.0904. The molecular weight excluding hydrogens is 184 g/mol. The summed E-state index contributed by atoms with van der Waals surface area (Å²) in [5.41, 5.74) is 0. The van der Waals surface area contributed by atoms with E-state index in [1.165, 1.54) is 4.90 Å². The lowest BCUT2D eigenvalue weighted by Crippen LogP contribution is -2.41. The first-order chi connectivity index (χ1) is 6.74. The number of amides is 3. The highest BCUT2D eigenvalue weighted by Gasteiger charge is 2.40. The van der Waals surface area contributed by atoms with Gasteiger partial charge in [-0.3, -0.25) is 9.69 Å². The Morgan fingerprint density at radius 3 is 2.79 bits per heavy atom. The highest BCUT2D eigenvalue weighted by Crippen LogP contribution is 2.19. The van der Waals surface area contributed by atoms with Gasteiger partial charge in [0.1, 0.15) is 6.54 Å². The number of hydrogen-bond acceptors (Lipinski definition) is 3. The van der Waals surface area contributed by atoms with Gasteiger partial charge in [0.05, 0.1) is 12.6 Å². The fourth-order valence-corrected chi connectivity index (χ4v) is 1.90. The van der Waals surface area contributed by atoms with E-state index in [1.807, 2.05) is 6.92 Å². The molecule has 5 heteroatoms. The molecule has 2 saturated heterocycles. The van der Waals surface area contributed by atoms with Crippen LogP contribution in [0.5, 0.6) is 0 Å². The number of carbonyl (C=O) groups is 2. The molecule has 0 N–H and O–H groups in total. The second-order valence-corrected chi connectivity index (χ2v) is 3.58. The average Bonchev–Trinajstić information content (AvgIpc) is 2.74. The molecule has 2 aliphatic rings. The molecule has 5 nitrogen and oxygen atoms in total. The number of carbonyl (C=O) groups excluding carboxylic acids is 2. The average molecular weight is 198 g/mol. The van der Waals surface area contributed by atoms with Gasteiger partial charge in [0.15, 0.2) is 0 Å². The Morgan fingerprint density at radius 1 is 1.50 bits per heavy atom. The first-order valence-corrected chi connectivity index (χ1v) is 4.92. The molecule has 3 amide bonds. The van der Waals surface area contributed by atoms with Gasteiger partial charge in [-0.1, -0.05) is 0 Å². The summed E-state index contributed by atoms with van der Waals surface area (Å²) in [7, 11) is 0. The van der Waals surface area contributed by atoms with Crippen LogP contribution < -0.4 is 0 Å². The smallest absolute Gasteiger partial charge is 0.327 e. The lowest BCUT2D eigenvalue weighted by atomic mass is 10.2. The lowest BCUT2D eigenvalue weighted by Gasteiger charge is -2.20. The minimum absolute atomic E-state index is 0.0356. The topological polar surface area (TPSA) is 49.9 Å². The van der Waals surface area contributed by atoms with Crippen LogP contribution in [0.3, 0.4) is 0 Å². The van der Waals surface area contributed by atoms with E-state index < -0.39 is 0 Å². The van der Waals surface area contributed by atoms with Crippen molar-refractivity contribution in [1.29, 1.82) is 0 Å². The molecule has 2 rings (SSSR count). The summed E-state index contributed by atoms with van der Waals surface area (Å²) >= 11 is 0. The van der Waals surface area contributed by atoms with Crippen LogP contribution >= 0.6 is 0 Å². The summed E-state index contributed by atoms with van der Waals surface area (Å²) in [5, 5.41) is 0. The Bertz CT molecular complexity index is 261. The molecule has 0 radical (unpaired) electrons. The molecule has 0 spiro atoms. The fourth-order valence-electron chi connectivity index (χ4n) is 1.90. The molecule has 1 atom stereocenters. The molecule has 0 aromatic heterocycles. The minimum Gasteiger partial charge on any atom is -0.379 e. The zero-order valence-electron chi connectivity index (χ0n) is 8.23. The van der Waals surface area contributed by atoms with Crippen molar-refractivity contribution in [3.8, 4) is 0 Å². The standard InChI is InChI=1S/C9H14N2O3/c1-2-10-5-8(12)11(9(10)13)7-3-4-14-6-7/h7H,2-6H2,1H3. The van der Waals surface area contributed by atoms with Crippen molar-refractivity contribution in [1.82, 2.24) is 9.80 Å². The van der Waals surface area contributed by atoms with E-state index >= 15 is 0 Å². The normalized spacial score (nSPS) is 27.9. The van der Waals surface area contributed by atoms with Crippen LogP contribution in [-0.4, -0.2) is 54.1 Å². The van der Waals surface area contributed by atoms with E-state index in [0.29, 0.717) is 19.8 Å². The van der Waals surface area contributed by atoms with E-state index in [0.717, 1.165) is 6.42 Å². The molecule has 0 aromatic carbocycles. The van der Waals surface area contributed by atoms with Gasteiger partial charge in [0.25, 0.3) is 5.91 Å². The monoisotopic (exact) mass is 198 g/mol. The van der Waals surface area contributed by atoms with Crippen LogP contribution in [0, 0.1) is 0 Å². The molecule has 0 aromatic rings. The maximum absolute atomic E-state index is 11.7. The first kappa shape index (κ1) is 9.45. The predicted octanol–water partition coefficient (Wildman–Crippen LogP) is 0.0594. The van der Waals surface area contributed by atoms with Gasteiger partial charge in [-0.05, 0) is 13.3 Å². The predicted molar refractivity (Wildman–Crippen MR) is 48.7 cm³/mol. The summed E-state index contributed by atoms with van der Waals surface area (Å²) in [6, 6.07) is -0.195. The van der Waals surface area contributed by atoms with E-state index in [-0.39, 0.29) is 24.5 Å². The fraction of sp³-hybridized carbons (Fsp3) is 0.778. The third-order valence-electron chi connectivity index (χ3n) is 2.72. The Kier molecular flexibility index (Phi) is 2.41. The highest BCUT2D eigenvalue weighted by atomic mass is 16.5. The van der Waals surface area contributed by atoms with E-state index in [2.05, 4.69) is 0 Å². The van der Waals surface area contributed by atoms with Crippen molar-refractivity contribution in [2.75, 3.05) is 26.3 Å². The molecule has 0 aliphatic carbocycles. The second kappa shape index (κ2) is 3.57. The number of imide groups is 1. The lowest BCUT2D eigenvalue weighted by molar-refractivity contribution is -0.126. The third kappa shape index (κ3) is 1.37. The molecule has 78 valence electrons. The summed E-state index contributed by atoms with van der Waals surface area (Å²) < 4.78 is 5.17. The van der Waals surface area contributed by atoms with E-state index in [9.17, 15) is 9.59 Å². The van der Waals surface area contributed by atoms with Gasteiger partial charge < -0.3 is 9.64 Å². The van der Waals surface area contributed by atoms with Crippen molar-refractivity contribution in [3.63, 3.8) is 0 Å². The Labute approximate surface area is 82.6 Å². The summed E-state index contributed by atoms with van der Waals surface area (Å²) in [4.78, 5) is 26.2. The van der Waals surface area contributed by atoms with Crippen molar-refractivity contribution >= 4 is 11.9 Å². The highest BCUT2D eigenvalue weighted by molar-refractivity contribution is 6.02. The number of hydrogen-bond donors (Lipinski definition) is 0. The van der Waals surface area contributed by atoms with Crippen molar-refractivity contribution in [2.24, 2.45) is 0 Å². The largest absolute Gasteiger partial charge is 0.379 e. The van der Waals surface area contributed by atoms with Gasteiger partial charge in [-0.25, -0.2) is 4.79 Å². The van der Waals surface area contributed by atoms with Crippen LogP contribution in [0.4, 0.5) is 4.79 Å².